The van der Waals surface area contributed by atoms with E-state index in [4.69, 9.17) is 0 Å². The van der Waals surface area contributed by atoms with Crippen LogP contribution >= 0.6 is 0 Å². The molecule has 0 aromatic carbocycles. The van der Waals surface area contributed by atoms with Crippen LogP contribution in [0.1, 0.15) is 6.92 Å². The molecule has 0 aliphatic carbocycles. The summed E-state index contributed by atoms with van der Waals surface area (Å²) >= 11 is 0. The van der Waals surface area contributed by atoms with Gasteiger partial charge in [-0.2, -0.15) is 0 Å². The second-order valence-corrected chi connectivity index (χ2v) is 21.6. The predicted octanol–water partition coefficient (Wildman–Crippen LogP) is 3.44. The van der Waals surface area contributed by atoms with Crippen molar-refractivity contribution in [3.63, 3.8) is 0 Å². The van der Waals surface area contributed by atoms with Crippen molar-refractivity contribution < 1.29 is 0 Å². The second kappa shape index (κ2) is 2.59. The number of hydrogen-bond acceptors (Lipinski definition) is 0. The molecular formula is C9H20Si2. The third-order valence-corrected chi connectivity index (χ3v) is 22.0. The molecule has 0 amide bonds. The zero-order valence-corrected chi connectivity index (χ0v) is 10.5. The monoisotopic (exact) mass is 184 g/mol. The van der Waals surface area contributed by atoms with Crippen LogP contribution in [0, 0.1) is 0 Å². The Morgan fingerprint density at radius 3 is 2.00 bits per heavy atom. The van der Waals surface area contributed by atoms with Crippen LogP contribution in [-0.2, 0) is 0 Å². The van der Waals surface area contributed by atoms with Gasteiger partial charge in [-0.25, -0.2) is 0 Å². The molecule has 1 heterocycles. The summed E-state index contributed by atoms with van der Waals surface area (Å²) in [6, 6.07) is 2.91. The molecule has 0 radical (unpaired) electrons. The van der Waals surface area contributed by atoms with E-state index in [1.165, 1.54) is 12.1 Å². The van der Waals surface area contributed by atoms with Gasteiger partial charge in [0.15, 0.2) is 0 Å². The van der Waals surface area contributed by atoms with E-state index in [1.54, 1.807) is 5.57 Å². The zero-order chi connectivity index (χ0) is 8.70. The molecule has 0 spiro atoms. The first-order valence-corrected chi connectivity index (χ1v) is 11.9. The van der Waals surface area contributed by atoms with Crippen LogP contribution in [0.15, 0.2) is 11.6 Å². The summed E-state index contributed by atoms with van der Waals surface area (Å²) in [5.74, 6) is 0. The van der Waals surface area contributed by atoms with Crippen LogP contribution in [0.25, 0.3) is 0 Å². The van der Waals surface area contributed by atoms with Crippen LogP contribution in [-0.4, -0.2) is 15.2 Å². The van der Waals surface area contributed by atoms with Crippen LogP contribution in [0.4, 0.5) is 0 Å². The van der Waals surface area contributed by atoms with E-state index in [9.17, 15) is 0 Å². The zero-order valence-electron chi connectivity index (χ0n) is 8.49. The standard InChI is InChI=1S/C9H20Si2/c1-9-6-7-10(2,3)11(4,5)8-9/h6H,7-8H2,1-5H3. The molecule has 2 heteroatoms. The summed E-state index contributed by atoms with van der Waals surface area (Å²) in [6.07, 6.45) is 2.49. The molecular weight excluding hydrogens is 164 g/mol. The highest BCUT2D eigenvalue weighted by Gasteiger charge is 2.41. The lowest BCUT2D eigenvalue weighted by Crippen LogP contribution is -2.55. The minimum absolute atomic E-state index is 0.797. The lowest BCUT2D eigenvalue weighted by molar-refractivity contribution is 1.26. The first-order chi connectivity index (χ1) is 4.85. The van der Waals surface area contributed by atoms with Gasteiger partial charge in [0, 0.05) is 15.2 Å². The molecule has 1 aliphatic heterocycles. The van der Waals surface area contributed by atoms with Crippen molar-refractivity contribution in [3.8, 4) is 0 Å². The highest BCUT2D eigenvalue weighted by molar-refractivity contribution is 7.41. The normalized spacial score (nSPS) is 27.9. The van der Waals surface area contributed by atoms with Crippen molar-refractivity contribution in [2.24, 2.45) is 0 Å². The Morgan fingerprint density at radius 2 is 1.64 bits per heavy atom. The molecule has 0 aromatic rings. The van der Waals surface area contributed by atoms with Crippen molar-refractivity contribution in [1.82, 2.24) is 0 Å². The largest absolute Gasteiger partial charge is 0.0888 e. The third kappa shape index (κ3) is 1.67. The highest BCUT2D eigenvalue weighted by Crippen LogP contribution is 2.34. The summed E-state index contributed by atoms with van der Waals surface area (Å²) in [6.45, 7) is 12.6. The van der Waals surface area contributed by atoms with Gasteiger partial charge in [-0.05, 0) is 19.0 Å². The van der Waals surface area contributed by atoms with Crippen molar-refractivity contribution in [3.05, 3.63) is 11.6 Å². The van der Waals surface area contributed by atoms with E-state index in [-0.39, 0.29) is 0 Å². The van der Waals surface area contributed by atoms with Gasteiger partial charge < -0.3 is 0 Å². The van der Waals surface area contributed by atoms with E-state index >= 15 is 0 Å². The van der Waals surface area contributed by atoms with E-state index in [0.717, 1.165) is 0 Å². The fourth-order valence-corrected chi connectivity index (χ4v) is 9.38. The smallest absolute Gasteiger partial charge is 0.0455 e. The van der Waals surface area contributed by atoms with Crippen molar-refractivity contribution >= 4 is 15.2 Å². The van der Waals surface area contributed by atoms with Crippen molar-refractivity contribution in [1.29, 1.82) is 0 Å². The van der Waals surface area contributed by atoms with Crippen molar-refractivity contribution in [2.75, 3.05) is 0 Å². The van der Waals surface area contributed by atoms with Gasteiger partial charge in [0.25, 0.3) is 0 Å². The Hall–Kier alpha value is 0.174. The summed E-state index contributed by atoms with van der Waals surface area (Å²) in [7, 11) is -1.61. The molecule has 0 unspecified atom stereocenters. The quantitative estimate of drug-likeness (QED) is 0.400. The fourth-order valence-electron chi connectivity index (χ4n) is 1.71. The molecule has 0 bridgehead atoms. The maximum Gasteiger partial charge on any atom is 0.0455 e. The minimum atomic E-state index is -0.811. The molecule has 0 fully saturated rings. The van der Waals surface area contributed by atoms with Crippen LogP contribution in [0.2, 0.25) is 38.3 Å². The lowest BCUT2D eigenvalue weighted by Gasteiger charge is -2.41. The Morgan fingerprint density at radius 1 is 1.09 bits per heavy atom. The van der Waals surface area contributed by atoms with Gasteiger partial charge in [-0.15, -0.1) is 0 Å². The first-order valence-electron chi connectivity index (χ1n) is 4.51. The van der Waals surface area contributed by atoms with Gasteiger partial charge in [0.1, 0.15) is 0 Å². The van der Waals surface area contributed by atoms with E-state index in [1.807, 2.05) is 0 Å². The molecule has 1 aliphatic rings. The topological polar surface area (TPSA) is 0 Å². The SMILES string of the molecule is CC1=CC[Si](C)(C)[Si](C)(C)C1. The lowest BCUT2D eigenvalue weighted by atomic mass is 10.3. The molecule has 11 heavy (non-hydrogen) atoms. The summed E-state index contributed by atoms with van der Waals surface area (Å²) in [5.41, 5.74) is 1.66. The molecule has 64 valence electrons. The molecule has 0 atom stereocenters. The fraction of sp³-hybridized carbons (Fsp3) is 0.778. The van der Waals surface area contributed by atoms with Crippen molar-refractivity contribution in [2.45, 2.75) is 45.2 Å². The van der Waals surface area contributed by atoms with E-state index < -0.39 is 15.2 Å². The average Bonchev–Trinajstić information content (AvgIpc) is 1.80. The second-order valence-electron chi connectivity index (χ2n) is 5.20. The highest BCUT2D eigenvalue weighted by atomic mass is 29.3. The average molecular weight is 184 g/mol. The summed E-state index contributed by atoms with van der Waals surface area (Å²) in [5, 5.41) is 0. The number of rotatable bonds is 0. The third-order valence-electron chi connectivity index (χ3n) is 3.51. The molecule has 0 aromatic heterocycles. The Kier molecular flexibility index (Phi) is 2.18. The Balaban J connectivity index is 2.89. The maximum absolute atomic E-state index is 2.58. The predicted molar refractivity (Wildman–Crippen MR) is 58.3 cm³/mol. The van der Waals surface area contributed by atoms with Crippen LogP contribution in [0.5, 0.6) is 0 Å². The van der Waals surface area contributed by atoms with Crippen LogP contribution in [0.3, 0.4) is 0 Å². The summed E-state index contributed by atoms with van der Waals surface area (Å²) < 4.78 is 0. The van der Waals surface area contributed by atoms with E-state index in [0.29, 0.717) is 0 Å². The molecule has 0 saturated carbocycles. The van der Waals surface area contributed by atoms with Gasteiger partial charge in [-0.1, -0.05) is 37.8 Å². The summed E-state index contributed by atoms with van der Waals surface area (Å²) in [4.78, 5) is 0. The van der Waals surface area contributed by atoms with Gasteiger partial charge in [-0.3, -0.25) is 0 Å². The molecule has 0 nitrogen and oxygen atoms in total. The Bertz CT molecular complexity index is 190. The van der Waals surface area contributed by atoms with E-state index in [2.05, 4.69) is 39.2 Å². The number of hydrogen-bond donors (Lipinski definition) is 0. The van der Waals surface area contributed by atoms with Gasteiger partial charge in [0.2, 0.25) is 0 Å². The van der Waals surface area contributed by atoms with Gasteiger partial charge >= 0.3 is 0 Å². The van der Waals surface area contributed by atoms with Gasteiger partial charge in [0.05, 0.1) is 0 Å². The first kappa shape index (κ1) is 9.26. The molecule has 0 N–H and O–H groups in total. The Labute approximate surface area is 72.5 Å². The minimum Gasteiger partial charge on any atom is -0.0888 e. The molecule has 1 rings (SSSR count). The maximum atomic E-state index is 2.58. The molecule has 0 saturated heterocycles. The number of allylic oxidation sites excluding steroid dienone is 2. The van der Waals surface area contributed by atoms with Crippen LogP contribution < -0.4 is 0 Å².